The summed E-state index contributed by atoms with van der Waals surface area (Å²) in [5.41, 5.74) is 1.63. The van der Waals surface area contributed by atoms with Gasteiger partial charge >= 0.3 is 0 Å². The number of aromatic nitrogens is 2. The quantitative estimate of drug-likeness (QED) is 0.944. The van der Waals surface area contributed by atoms with Crippen LogP contribution in [0.3, 0.4) is 0 Å². The van der Waals surface area contributed by atoms with E-state index in [4.69, 9.17) is 4.74 Å². The molecule has 22 heavy (non-hydrogen) atoms. The van der Waals surface area contributed by atoms with Crippen molar-refractivity contribution in [3.8, 4) is 0 Å². The molecular formula is C17H23N3O2. The summed E-state index contributed by atoms with van der Waals surface area (Å²) in [6, 6.07) is 5.71. The maximum atomic E-state index is 12.7. The number of piperidine rings is 1. The number of nitrogens with zero attached hydrogens (tertiary/aromatic N) is 2. The normalized spacial score (nSPS) is 16.6. The predicted molar refractivity (Wildman–Crippen MR) is 85.8 cm³/mol. The Bertz CT molecular complexity index is 642. The fourth-order valence-electron chi connectivity index (χ4n) is 2.88. The lowest BCUT2D eigenvalue weighted by molar-refractivity contribution is -0.00226. The zero-order valence-corrected chi connectivity index (χ0v) is 13.2. The van der Waals surface area contributed by atoms with Crippen molar-refractivity contribution in [1.29, 1.82) is 0 Å². The number of carbonyl (C=O) groups is 1. The molecule has 1 aliphatic rings. The number of carbonyl (C=O) groups excluding carboxylic acids is 1. The molecule has 1 N–H and O–H groups in total. The Hall–Kier alpha value is -1.88. The topological polar surface area (TPSA) is 58.2 Å². The van der Waals surface area contributed by atoms with E-state index in [0.29, 0.717) is 5.92 Å². The van der Waals surface area contributed by atoms with Gasteiger partial charge in [-0.1, -0.05) is 19.9 Å². The number of rotatable bonds is 4. The summed E-state index contributed by atoms with van der Waals surface area (Å²) in [5, 5.41) is 7.83. The highest BCUT2D eigenvalue weighted by molar-refractivity contribution is 6.06. The van der Waals surface area contributed by atoms with Gasteiger partial charge in [-0.3, -0.25) is 9.89 Å². The molecule has 0 aliphatic carbocycles. The number of aromatic amines is 1. The molecule has 1 amide bonds. The largest absolute Gasteiger partial charge is 0.378 e. The minimum atomic E-state index is 0.0920. The van der Waals surface area contributed by atoms with Crippen molar-refractivity contribution < 1.29 is 9.53 Å². The van der Waals surface area contributed by atoms with Gasteiger partial charge in [-0.2, -0.15) is 5.10 Å². The molecule has 0 radical (unpaired) electrons. The van der Waals surface area contributed by atoms with Crippen LogP contribution in [0, 0.1) is 5.92 Å². The average Bonchev–Trinajstić information content (AvgIpc) is 3.01. The van der Waals surface area contributed by atoms with E-state index in [1.165, 1.54) is 0 Å². The number of likely N-dealkylation sites (tertiary alicyclic amines) is 1. The van der Waals surface area contributed by atoms with Crippen molar-refractivity contribution >= 4 is 16.8 Å². The van der Waals surface area contributed by atoms with Crippen molar-refractivity contribution in [2.45, 2.75) is 32.8 Å². The first kappa shape index (κ1) is 15.0. The summed E-state index contributed by atoms with van der Waals surface area (Å²) in [6.07, 6.45) is 3.84. The third-order valence-electron chi connectivity index (χ3n) is 4.11. The first-order valence-electron chi connectivity index (χ1n) is 7.98. The smallest absolute Gasteiger partial charge is 0.254 e. The first-order valence-corrected chi connectivity index (χ1v) is 7.98. The molecule has 5 nitrogen and oxygen atoms in total. The van der Waals surface area contributed by atoms with Crippen LogP contribution in [0.2, 0.25) is 0 Å². The number of fused-ring (bicyclic) bond motifs is 1. The van der Waals surface area contributed by atoms with Crippen LogP contribution in [0.25, 0.3) is 10.9 Å². The standard InChI is InChI=1S/C17H23N3O2/c1-12(2)11-22-13-6-8-20(9-7-13)17(21)14-4-3-5-16-15(14)10-18-19-16/h3-5,10,12-13H,6-9,11H2,1-2H3,(H,18,19). The third kappa shape index (κ3) is 3.14. The average molecular weight is 301 g/mol. The van der Waals surface area contributed by atoms with Crippen LogP contribution in [-0.4, -0.2) is 46.8 Å². The molecule has 2 heterocycles. The van der Waals surface area contributed by atoms with Crippen LogP contribution in [-0.2, 0) is 4.74 Å². The lowest BCUT2D eigenvalue weighted by atomic mass is 10.0. The molecule has 2 aromatic rings. The predicted octanol–water partition coefficient (Wildman–Crippen LogP) is 2.84. The maximum Gasteiger partial charge on any atom is 0.254 e. The van der Waals surface area contributed by atoms with Gasteiger partial charge in [0.1, 0.15) is 0 Å². The van der Waals surface area contributed by atoms with Gasteiger partial charge in [0.25, 0.3) is 5.91 Å². The third-order valence-corrected chi connectivity index (χ3v) is 4.11. The fourth-order valence-corrected chi connectivity index (χ4v) is 2.88. The minimum absolute atomic E-state index is 0.0920. The molecule has 0 atom stereocenters. The van der Waals surface area contributed by atoms with Crippen molar-refractivity contribution in [3.05, 3.63) is 30.0 Å². The Morgan fingerprint density at radius 2 is 2.18 bits per heavy atom. The van der Waals surface area contributed by atoms with Gasteiger partial charge in [0.2, 0.25) is 0 Å². The molecule has 0 unspecified atom stereocenters. The van der Waals surface area contributed by atoms with Gasteiger partial charge in [0, 0.05) is 25.1 Å². The van der Waals surface area contributed by atoms with Gasteiger partial charge in [0.15, 0.2) is 0 Å². The van der Waals surface area contributed by atoms with Gasteiger partial charge < -0.3 is 9.64 Å². The lowest BCUT2D eigenvalue weighted by Gasteiger charge is -2.32. The second-order valence-electron chi connectivity index (χ2n) is 6.36. The number of H-pyrrole nitrogens is 1. The molecule has 0 saturated carbocycles. The maximum absolute atomic E-state index is 12.7. The van der Waals surface area contributed by atoms with E-state index < -0.39 is 0 Å². The van der Waals surface area contributed by atoms with Crippen LogP contribution in [0.5, 0.6) is 0 Å². The van der Waals surface area contributed by atoms with Crippen LogP contribution in [0.15, 0.2) is 24.4 Å². The summed E-state index contributed by atoms with van der Waals surface area (Å²) in [7, 11) is 0. The van der Waals surface area contributed by atoms with Crippen LogP contribution < -0.4 is 0 Å². The van der Waals surface area contributed by atoms with Gasteiger partial charge in [0.05, 0.1) is 23.4 Å². The monoisotopic (exact) mass is 301 g/mol. The van der Waals surface area contributed by atoms with Gasteiger partial charge in [-0.15, -0.1) is 0 Å². The molecule has 1 aromatic heterocycles. The van der Waals surface area contributed by atoms with Crippen LogP contribution in [0.1, 0.15) is 37.0 Å². The molecule has 1 saturated heterocycles. The Morgan fingerprint density at radius 1 is 1.41 bits per heavy atom. The summed E-state index contributed by atoms with van der Waals surface area (Å²) in [4.78, 5) is 14.7. The molecule has 1 aliphatic heterocycles. The Labute approximate surface area is 130 Å². The number of hydrogen-bond donors (Lipinski definition) is 1. The van der Waals surface area contributed by atoms with Crippen molar-refractivity contribution in [2.24, 2.45) is 5.92 Å². The lowest BCUT2D eigenvalue weighted by Crippen LogP contribution is -2.41. The summed E-state index contributed by atoms with van der Waals surface area (Å²) in [5.74, 6) is 0.646. The molecule has 1 aromatic carbocycles. The van der Waals surface area contributed by atoms with Crippen molar-refractivity contribution in [1.82, 2.24) is 15.1 Å². The Morgan fingerprint density at radius 3 is 2.91 bits per heavy atom. The zero-order chi connectivity index (χ0) is 15.5. The minimum Gasteiger partial charge on any atom is -0.378 e. The van der Waals surface area contributed by atoms with E-state index in [1.807, 2.05) is 23.1 Å². The van der Waals surface area contributed by atoms with Crippen molar-refractivity contribution in [2.75, 3.05) is 19.7 Å². The van der Waals surface area contributed by atoms with Gasteiger partial charge in [-0.05, 0) is 30.9 Å². The molecular weight excluding hydrogens is 278 g/mol. The summed E-state index contributed by atoms with van der Waals surface area (Å²) >= 11 is 0. The second-order valence-corrected chi connectivity index (χ2v) is 6.36. The molecule has 0 bridgehead atoms. The second kappa shape index (κ2) is 6.48. The number of amides is 1. The van der Waals surface area contributed by atoms with Crippen LogP contribution >= 0.6 is 0 Å². The van der Waals surface area contributed by atoms with Crippen molar-refractivity contribution in [3.63, 3.8) is 0 Å². The Kier molecular flexibility index (Phi) is 4.43. The van der Waals surface area contributed by atoms with E-state index >= 15 is 0 Å². The highest BCUT2D eigenvalue weighted by Gasteiger charge is 2.25. The summed E-state index contributed by atoms with van der Waals surface area (Å²) in [6.45, 7) is 6.63. The first-order chi connectivity index (χ1) is 10.6. The SMILES string of the molecule is CC(C)COC1CCN(C(=O)c2cccc3[nH]ncc23)CC1. The Balaban J connectivity index is 1.64. The molecule has 3 rings (SSSR count). The van der Waals surface area contributed by atoms with E-state index in [9.17, 15) is 4.79 Å². The molecule has 5 heteroatoms. The highest BCUT2D eigenvalue weighted by Crippen LogP contribution is 2.21. The van der Waals surface area contributed by atoms with Gasteiger partial charge in [-0.25, -0.2) is 0 Å². The number of ether oxygens (including phenoxy) is 1. The molecule has 1 fully saturated rings. The van der Waals surface area contributed by atoms with E-state index in [1.54, 1.807) is 6.20 Å². The van der Waals surface area contributed by atoms with E-state index in [0.717, 1.165) is 49.0 Å². The highest BCUT2D eigenvalue weighted by atomic mass is 16.5. The summed E-state index contributed by atoms with van der Waals surface area (Å²) < 4.78 is 5.88. The van der Waals surface area contributed by atoms with E-state index in [-0.39, 0.29) is 12.0 Å². The number of benzene rings is 1. The number of nitrogens with one attached hydrogen (secondary N) is 1. The number of hydrogen-bond acceptors (Lipinski definition) is 3. The zero-order valence-electron chi connectivity index (χ0n) is 13.2. The van der Waals surface area contributed by atoms with E-state index in [2.05, 4.69) is 24.0 Å². The van der Waals surface area contributed by atoms with Crippen LogP contribution in [0.4, 0.5) is 0 Å². The fraction of sp³-hybridized carbons (Fsp3) is 0.529. The molecule has 118 valence electrons. The molecule has 0 spiro atoms.